The van der Waals surface area contributed by atoms with Crippen molar-refractivity contribution in [1.82, 2.24) is 20.7 Å². The van der Waals surface area contributed by atoms with Gasteiger partial charge in [0.25, 0.3) is 5.91 Å². The third-order valence-electron chi connectivity index (χ3n) is 1.70. The fraction of sp³-hybridized carbons (Fsp3) is 0.571. The van der Waals surface area contributed by atoms with Gasteiger partial charge in [-0.2, -0.15) is 15.4 Å². The molecule has 6 heteroatoms. The van der Waals surface area contributed by atoms with E-state index >= 15 is 0 Å². The van der Waals surface area contributed by atoms with E-state index in [9.17, 15) is 4.79 Å². The van der Waals surface area contributed by atoms with Crippen molar-refractivity contribution >= 4 is 5.91 Å². The maximum Gasteiger partial charge on any atom is 0.273 e. The first-order chi connectivity index (χ1) is 6.27. The van der Waals surface area contributed by atoms with Crippen molar-refractivity contribution in [3.05, 3.63) is 11.9 Å². The third kappa shape index (κ3) is 2.51. The molecule has 1 atom stereocenters. The lowest BCUT2D eigenvalue weighted by Crippen LogP contribution is -2.37. The van der Waals surface area contributed by atoms with Gasteiger partial charge in [0.2, 0.25) is 0 Å². The number of carbonyl (C=O) groups is 1. The lowest BCUT2D eigenvalue weighted by atomic mass is 10.2. The second-order valence-corrected chi connectivity index (χ2v) is 2.62. The molecule has 13 heavy (non-hydrogen) atoms. The van der Waals surface area contributed by atoms with Gasteiger partial charge in [-0.3, -0.25) is 4.79 Å². The summed E-state index contributed by atoms with van der Waals surface area (Å²) in [5.74, 6) is -0.324. The van der Waals surface area contributed by atoms with Gasteiger partial charge < -0.3 is 10.4 Å². The number of nitrogens with zero attached hydrogens (tertiary/aromatic N) is 2. The molecule has 1 aromatic rings. The Hall–Kier alpha value is -1.43. The van der Waals surface area contributed by atoms with Crippen LogP contribution in [-0.2, 0) is 0 Å². The van der Waals surface area contributed by atoms with Crippen LogP contribution < -0.4 is 5.32 Å². The first-order valence-electron chi connectivity index (χ1n) is 4.05. The molecule has 0 spiro atoms. The van der Waals surface area contributed by atoms with E-state index in [0.29, 0.717) is 6.42 Å². The van der Waals surface area contributed by atoms with E-state index in [1.807, 2.05) is 6.92 Å². The van der Waals surface area contributed by atoms with E-state index < -0.39 is 0 Å². The Kier molecular flexibility index (Phi) is 3.39. The minimum atomic E-state index is -0.324. The number of hydrogen-bond acceptors (Lipinski definition) is 4. The summed E-state index contributed by atoms with van der Waals surface area (Å²) in [5.41, 5.74) is 0.229. The lowest BCUT2D eigenvalue weighted by molar-refractivity contribution is 0.0910. The van der Waals surface area contributed by atoms with Crippen molar-refractivity contribution in [2.75, 3.05) is 6.61 Å². The maximum absolute atomic E-state index is 11.3. The van der Waals surface area contributed by atoms with E-state index in [2.05, 4.69) is 20.7 Å². The Balaban J connectivity index is 2.50. The van der Waals surface area contributed by atoms with Crippen molar-refractivity contribution in [3.8, 4) is 0 Å². The number of hydrogen-bond donors (Lipinski definition) is 3. The molecule has 0 saturated heterocycles. The first-order valence-corrected chi connectivity index (χ1v) is 4.05. The Morgan fingerprint density at radius 2 is 2.62 bits per heavy atom. The van der Waals surface area contributed by atoms with Crippen LogP contribution in [0.4, 0.5) is 0 Å². The van der Waals surface area contributed by atoms with Crippen molar-refractivity contribution in [3.63, 3.8) is 0 Å². The normalized spacial score (nSPS) is 12.5. The monoisotopic (exact) mass is 184 g/mol. The molecule has 3 N–H and O–H groups in total. The zero-order valence-electron chi connectivity index (χ0n) is 7.32. The average Bonchev–Trinajstić information content (AvgIpc) is 2.66. The summed E-state index contributed by atoms with van der Waals surface area (Å²) in [6, 6.07) is -0.218. The molecule has 1 amide bonds. The number of amides is 1. The number of aliphatic hydroxyl groups excluding tert-OH is 1. The summed E-state index contributed by atoms with van der Waals surface area (Å²) in [6.45, 7) is 1.81. The standard InChI is InChI=1S/C7H12N4O2/c1-2-5(4-12)9-7(13)6-3-8-11-10-6/h3,5,12H,2,4H2,1H3,(H,9,13)(H,8,10,11)/t5-/m1/s1. The molecule has 0 saturated carbocycles. The molecule has 0 radical (unpaired) electrons. The molecule has 0 aromatic carbocycles. The largest absolute Gasteiger partial charge is 0.394 e. The minimum Gasteiger partial charge on any atom is -0.394 e. The van der Waals surface area contributed by atoms with Gasteiger partial charge in [-0.05, 0) is 6.42 Å². The highest BCUT2D eigenvalue weighted by Gasteiger charge is 2.12. The van der Waals surface area contributed by atoms with Crippen LogP contribution in [0.15, 0.2) is 6.20 Å². The highest BCUT2D eigenvalue weighted by atomic mass is 16.3. The van der Waals surface area contributed by atoms with Crippen molar-refractivity contribution < 1.29 is 9.90 Å². The summed E-state index contributed by atoms with van der Waals surface area (Å²) in [5, 5.41) is 20.9. The molecule has 0 fully saturated rings. The SMILES string of the molecule is CC[C@H](CO)NC(=O)c1cn[nH]n1. The van der Waals surface area contributed by atoms with E-state index in [-0.39, 0.29) is 24.2 Å². The van der Waals surface area contributed by atoms with Crippen LogP contribution in [0.3, 0.4) is 0 Å². The van der Waals surface area contributed by atoms with Gasteiger partial charge >= 0.3 is 0 Å². The summed E-state index contributed by atoms with van der Waals surface area (Å²) < 4.78 is 0. The number of nitrogens with one attached hydrogen (secondary N) is 2. The highest BCUT2D eigenvalue weighted by molar-refractivity contribution is 5.91. The number of aromatic amines is 1. The van der Waals surface area contributed by atoms with Crippen LogP contribution in [0, 0.1) is 0 Å². The Morgan fingerprint density at radius 3 is 3.08 bits per heavy atom. The zero-order valence-corrected chi connectivity index (χ0v) is 7.32. The molecule has 1 heterocycles. The van der Waals surface area contributed by atoms with E-state index in [0.717, 1.165) is 0 Å². The fourth-order valence-electron chi connectivity index (χ4n) is 0.847. The van der Waals surface area contributed by atoms with Crippen molar-refractivity contribution in [2.24, 2.45) is 0 Å². The van der Waals surface area contributed by atoms with Gasteiger partial charge in [0.05, 0.1) is 18.8 Å². The number of aromatic nitrogens is 3. The Bertz CT molecular complexity index is 255. The second kappa shape index (κ2) is 4.56. The Morgan fingerprint density at radius 1 is 1.85 bits per heavy atom. The number of rotatable bonds is 4. The molecule has 0 aliphatic rings. The molecule has 1 aromatic heterocycles. The molecule has 1 rings (SSSR count). The molecule has 72 valence electrons. The zero-order chi connectivity index (χ0) is 9.68. The van der Waals surface area contributed by atoms with Gasteiger partial charge in [0, 0.05) is 0 Å². The van der Waals surface area contributed by atoms with Crippen LogP contribution in [-0.4, -0.2) is 39.1 Å². The van der Waals surface area contributed by atoms with Crippen molar-refractivity contribution in [1.29, 1.82) is 0 Å². The molecule has 0 aliphatic carbocycles. The van der Waals surface area contributed by atoms with Gasteiger partial charge in [0.1, 0.15) is 0 Å². The van der Waals surface area contributed by atoms with E-state index in [1.54, 1.807) is 0 Å². The maximum atomic E-state index is 11.3. The third-order valence-corrected chi connectivity index (χ3v) is 1.70. The average molecular weight is 184 g/mol. The lowest BCUT2D eigenvalue weighted by Gasteiger charge is -2.11. The smallest absolute Gasteiger partial charge is 0.273 e. The molecular formula is C7H12N4O2. The molecule has 6 nitrogen and oxygen atoms in total. The van der Waals surface area contributed by atoms with Gasteiger partial charge in [-0.1, -0.05) is 6.92 Å². The van der Waals surface area contributed by atoms with Crippen LogP contribution in [0.5, 0.6) is 0 Å². The minimum absolute atomic E-state index is 0.0694. The first kappa shape index (κ1) is 9.66. The molecule has 0 unspecified atom stereocenters. The molecule has 0 bridgehead atoms. The van der Waals surface area contributed by atoms with E-state index in [1.165, 1.54) is 6.20 Å². The number of aliphatic hydroxyl groups is 1. The Labute approximate surface area is 75.3 Å². The van der Waals surface area contributed by atoms with Crippen LogP contribution >= 0.6 is 0 Å². The fourth-order valence-corrected chi connectivity index (χ4v) is 0.847. The van der Waals surface area contributed by atoms with Crippen LogP contribution in [0.2, 0.25) is 0 Å². The van der Waals surface area contributed by atoms with Crippen molar-refractivity contribution in [2.45, 2.75) is 19.4 Å². The second-order valence-electron chi connectivity index (χ2n) is 2.62. The topological polar surface area (TPSA) is 90.9 Å². The van der Waals surface area contributed by atoms with Crippen LogP contribution in [0.25, 0.3) is 0 Å². The van der Waals surface area contributed by atoms with Gasteiger partial charge in [-0.15, -0.1) is 0 Å². The molecular weight excluding hydrogens is 172 g/mol. The van der Waals surface area contributed by atoms with Gasteiger partial charge in [-0.25, -0.2) is 0 Å². The number of carbonyl (C=O) groups excluding carboxylic acids is 1. The summed E-state index contributed by atoms with van der Waals surface area (Å²) in [6.07, 6.45) is 2.01. The van der Waals surface area contributed by atoms with E-state index in [4.69, 9.17) is 5.11 Å². The molecule has 0 aliphatic heterocycles. The summed E-state index contributed by atoms with van der Waals surface area (Å²) >= 11 is 0. The summed E-state index contributed by atoms with van der Waals surface area (Å²) in [7, 11) is 0. The highest BCUT2D eigenvalue weighted by Crippen LogP contribution is 1.93. The van der Waals surface area contributed by atoms with Gasteiger partial charge in [0.15, 0.2) is 5.69 Å². The number of H-pyrrole nitrogens is 1. The summed E-state index contributed by atoms with van der Waals surface area (Å²) in [4.78, 5) is 11.3. The quantitative estimate of drug-likeness (QED) is 0.577. The predicted molar refractivity (Wildman–Crippen MR) is 45.0 cm³/mol. The predicted octanol–water partition coefficient (Wildman–Crippen LogP) is -0.695. The van der Waals surface area contributed by atoms with Crippen LogP contribution in [0.1, 0.15) is 23.8 Å².